The van der Waals surface area contributed by atoms with Gasteiger partial charge in [0.05, 0.1) is 19.8 Å². The minimum absolute atomic E-state index is 0. The highest BCUT2D eigenvalue weighted by Crippen LogP contribution is 2.23. The number of hydrogen-bond acceptors (Lipinski definition) is 4. The molecule has 2 aromatic rings. The molecule has 1 unspecified atom stereocenters. The van der Waals surface area contributed by atoms with E-state index in [0.717, 1.165) is 42.0 Å². The maximum absolute atomic E-state index is 11.4. The number of primary amides is 1. The molecule has 2 aromatic carbocycles. The van der Waals surface area contributed by atoms with Crippen molar-refractivity contribution in [3.63, 3.8) is 0 Å². The van der Waals surface area contributed by atoms with Crippen LogP contribution in [0.2, 0.25) is 0 Å². The third-order valence-electron chi connectivity index (χ3n) is 4.83. The quantitative estimate of drug-likeness (QED) is 0.273. The first-order chi connectivity index (χ1) is 14.5. The molecule has 1 aliphatic heterocycles. The molecule has 0 aromatic heterocycles. The number of nitrogens with two attached hydrogens (primary N) is 1. The average Bonchev–Trinajstić information content (AvgIpc) is 3.24. The van der Waals surface area contributed by atoms with E-state index in [1.54, 1.807) is 12.1 Å². The van der Waals surface area contributed by atoms with Crippen molar-refractivity contribution < 1.29 is 14.3 Å². The normalized spacial score (nSPS) is 15.8. The first-order valence-corrected chi connectivity index (χ1v) is 10.3. The minimum atomic E-state index is -0.439. The van der Waals surface area contributed by atoms with E-state index in [4.69, 9.17) is 15.2 Å². The van der Waals surface area contributed by atoms with Gasteiger partial charge >= 0.3 is 0 Å². The lowest BCUT2D eigenvalue weighted by Gasteiger charge is -2.18. The molecule has 0 saturated carbocycles. The van der Waals surface area contributed by atoms with Gasteiger partial charge in [-0.1, -0.05) is 24.3 Å². The van der Waals surface area contributed by atoms with Gasteiger partial charge in [0.2, 0.25) is 5.91 Å². The SMILES string of the molecule is CCNC(=NCc1cccc(C(N)=O)c1)NCc1ccc(C)cc1OC1CCOC1.I. The Balaban J connectivity index is 0.00000341. The highest BCUT2D eigenvalue weighted by Gasteiger charge is 2.18. The van der Waals surface area contributed by atoms with Gasteiger partial charge in [0.15, 0.2) is 5.96 Å². The Kier molecular flexibility index (Phi) is 10.1. The first kappa shape index (κ1) is 24.9. The van der Waals surface area contributed by atoms with E-state index in [-0.39, 0.29) is 30.1 Å². The van der Waals surface area contributed by atoms with E-state index in [9.17, 15) is 4.79 Å². The fraction of sp³-hybridized carbons (Fsp3) is 0.391. The lowest BCUT2D eigenvalue weighted by molar-refractivity contribution is 0.1000. The first-order valence-electron chi connectivity index (χ1n) is 10.3. The molecule has 1 saturated heterocycles. The number of halogens is 1. The molecule has 7 nitrogen and oxygen atoms in total. The second kappa shape index (κ2) is 12.5. The molecule has 31 heavy (non-hydrogen) atoms. The fourth-order valence-corrected chi connectivity index (χ4v) is 3.22. The highest BCUT2D eigenvalue weighted by atomic mass is 127. The Morgan fingerprint density at radius 3 is 2.81 bits per heavy atom. The van der Waals surface area contributed by atoms with Gasteiger partial charge < -0.3 is 25.8 Å². The minimum Gasteiger partial charge on any atom is -0.488 e. The van der Waals surface area contributed by atoms with Gasteiger partial charge in [-0.3, -0.25) is 4.79 Å². The van der Waals surface area contributed by atoms with Crippen LogP contribution in [0.1, 0.15) is 40.4 Å². The molecule has 3 rings (SSSR count). The van der Waals surface area contributed by atoms with Crippen LogP contribution in [0.4, 0.5) is 0 Å². The number of carbonyl (C=O) groups is 1. The molecule has 0 radical (unpaired) electrons. The van der Waals surface area contributed by atoms with E-state index in [2.05, 4.69) is 40.7 Å². The van der Waals surface area contributed by atoms with E-state index >= 15 is 0 Å². The predicted molar refractivity (Wildman–Crippen MR) is 133 cm³/mol. The molecule has 1 fully saturated rings. The molecule has 0 bridgehead atoms. The molecular formula is C23H31IN4O3. The third kappa shape index (κ3) is 7.70. The highest BCUT2D eigenvalue weighted by molar-refractivity contribution is 14.0. The number of nitrogens with zero attached hydrogens (tertiary/aromatic N) is 1. The molecule has 8 heteroatoms. The Labute approximate surface area is 200 Å². The number of rotatable bonds is 8. The van der Waals surface area contributed by atoms with Crippen LogP contribution in [0.25, 0.3) is 0 Å². The van der Waals surface area contributed by atoms with Crippen molar-refractivity contribution in [2.75, 3.05) is 19.8 Å². The number of carbonyl (C=O) groups excluding carboxylic acids is 1. The Morgan fingerprint density at radius 2 is 2.10 bits per heavy atom. The van der Waals surface area contributed by atoms with Crippen LogP contribution in [0.5, 0.6) is 5.75 Å². The van der Waals surface area contributed by atoms with Crippen molar-refractivity contribution >= 4 is 35.8 Å². The van der Waals surface area contributed by atoms with E-state index in [0.29, 0.717) is 31.2 Å². The van der Waals surface area contributed by atoms with Crippen molar-refractivity contribution in [3.8, 4) is 5.75 Å². The molecule has 1 atom stereocenters. The van der Waals surface area contributed by atoms with Gasteiger partial charge in [-0.15, -0.1) is 24.0 Å². The van der Waals surface area contributed by atoms with E-state index in [1.807, 2.05) is 19.1 Å². The standard InChI is InChI=1S/C23H30N4O3.HI/c1-3-25-23(26-13-17-5-4-6-18(12-17)22(24)28)27-14-19-8-7-16(2)11-21(19)30-20-9-10-29-15-20;/h4-8,11-12,20H,3,9-10,13-15H2,1-2H3,(H2,24,28)(H2,25,26,27);1H. The molecule has 1 heterocycles. The predicted octanol–water partition coefficient (Wildman–Crippen LogP) is 3.13. The molecule has 0 aliphatic carbocycles. The summed E-state index contributed by atoms with van der Waals surface area (Å²) in [5, 5.41) is 6.62. The van der Waals surface area contributed by atoms with Crippen molar-refractivity contribution in [3.05, 3.63) is 64.7 Å². The third-order valence-corrected chi connectivity index (χ3v) is 4.83. The monoisotopic (exact) mass is 538 g/mol. The zero-order valence-electron chi connectivity index (χ0n) is 18.0. The van der Waals surface area contributed by atoms with Crippen molar-refractivity contribution in [2.24, 2.45) is 10.7 Å². The zero-order chi connectivity index (χ0) is 21.3. The largest absolute Gasteiger partial charge is 0.488 e. The number of hydrogen-bond donors (Lipinski definition) is 3. The number of ether oxygens (including phenoxy) is 2. The summed E-state index contributed by atoms with van der Waals surface area (Å²) >= 11 is 0. The topological polar surface area (TPSA) is 98.0 Å². The lowest BCUT2D eigenvalue weighted by atomic mass is 10.1. The molecular weight excluding hydrogens is 507 g/mol. The number of amides is 1. The molecule has 168 valence electrons. The maximum atomic E-state index is 11.4. The summed E-state index contributed by atoms with van der Waals surface area (Å²) < 4.78 is 11.6. The smallest absolute Gasteiger partial charge is 0.248 e. The number of guanidine groups is 1. The summed E-state index contributed by atoms with van der Waals surface area (Å²) in [7, 11) is 0. The summed E-state index contributed by atoms with van der Waals surface area (Å²) in [4.78, 5) is 16.0. The van der Waals surface area contributed by atoms with Gasteiger partial charge in [0.25, 0.3) is 0 Å². The van der Waals surface area contributed by atoms with Crippen molar-refractivity contribution in [1.82, 2.24) is 10.6 Å². The van der Waals surface area contributed by atoms with Crippen LogP contribution in [0.3, 0.4) is 0 Å². The molecule has 0 spiro atoms. The van der Waals surface area contributed by atoms with Crippen LogP contribution in [-0.4, -0.2) is 37.7 Å². The second-order valence-corrected chi connectivity index (χ2v) is 7.33. The summed E-state index contributed by atoms with van der Waals surface area (Å²) in [5.74, 6) is 1.13. The fourth-order valence-electron chi connectivity index (χ4n) is 3.22. The zero-order valence-corrected chi connectivity index (χ0v) is 20.3. The van der Waals surface area contributed by atoms with Crippen LogP contribution in [0, 0.1) is 6.92 Å². The summed E-state index contributed by atoms with van der Waals surface area (Å²) in [6, 6.07) is 13.4. The number of nitrogens with one attached hydrogen (secondary N) is 2. The van der Waals surface area contributed by atoms with E-state index < -0.39 is 5.91 Å². The Bertz CT molecular complexity index is 898. The maximum Gasteiger partial charge on any atom is 0.248 e. The summed E-state index contributed by atoms with van der Waals surface area (Å²) in [6.07, 6.45) is 1.01. The number of benzene rings is 2. The van der Waals surface area contributed by atoms with Crippen LogP contribution < -0.4 is 21.1 Å². The van der Waals surface area contributed by atoms with Crippen LogP contribution >= 0.6 is 24.0 Å². The molecule has 1 aliphatic rings. The molecule has 4 N–H and O–H groups in total. The second-order valence-electron chi connectivity index (χ2n) is 7.33. The summed E-state index contributed by atoms with van der Waals surface area (Å²) in [5.41, 5.74) is 8.99. The van der Waals surface area contributed by atoms with Gasteiger partial charge in [-0.25, -0.2) is 4.99 Å². The van der Waals surface area contributed by atoms with Gasteiger partial charge in [0.1, 0.15) is 11.9 Å². The van der Waals surface area contributed by atoms with Crippen molar-refractivity contribution in [1.29, 1.82) is 0 Å². The lowest BCUT2D eigenvalue weighted by Crippen LogP contribution is -2.37. The number of aliphatic imine (C=N–C) groups is 1. The van der Waals surface area contributed by atoms with Crippen molar-refractivity contribution in [2.45, 2.75) is 39.5 Å². The average molecular weight is 538 g/mol. The Morgan fingerprint density at radius 1 is 1.26 bits per heavy atom. The van der Waals surface area contributed by atoms with Gasteiger partial charge in [0, 0.05) is 30.6 Å². The van der Waals surface area contributed by atoms with Gasteiger partial charge in [-0.2, -0.15) is 0 Å². The molecule has 1 amide bonds. The number of aryl methyl sites for hydroxylation is 1. The van der Waals surface area contributed by atoms with Crippen LogP contribution in [-0.2, 0) is 17.8 Å². The van der Waals surface area contributed by atoms with Crippen LogP contribution in [0.15, 0.2) is 47.5 Å². The summed E-state index contributed by atoms with van der Waals surface area (Å²) in [6.45, 7) is 7.22. The van der Waals surface area contributed by atoms with Gasteiger partial charge in [-0.05, 0) is 43.2 Å². The van der Waals surface area contributed by atoms with E-state index in [1.165, 1.54) is 0 Å². The Hall–Kier alpha value is -2.33.